The minimum Gasteiger partial charge on any atom is -0.383 e. The third kappa shape index (κ3) is 6.38. The predicted octanol–water partition coefficient (Wildman–Crippen LogP) is 1.95. The zero-order valence-electron chi connectivity index (χ0n) is 9.18. The number of carbonyl (C=O) groups is 1. The van der Waals surface area contributed by atoms with Gasteiger partial charge in [-0.15, -0.1) is 0 Å². The van der Waals surface area contributed by atoms with Crippen molar-refractivity contribution in [1.29, 1.82) is 0 Å². The number of alkyl halides is 1. The molecule has 0 radical (unpaired) electrons. The fourth-order valence-electron chi connectivity index (χ4n) is 1.19. The minimum absolute atomic E-state index is 0.113. The second-order valence-corrected chi connectivity index (χ2v) is 4.78. The van der Waals surface area contributed by atoms with Crippen molar-refractivity contribution in [2.24, 2.45) is 5.92 Å². The number of rotatable bonds is 7. The third-order valence-electron chi connectivity index (χ3n) is 2.01. The molecule has 0 aromatic rings. The SMILES string of the molecule is CCCC(C)C(=O)NCC(Br)COC. The summed E-state index contributed by atoms with van der Waals surface area (Å²) in [4.78, 5) is 11.7. The largest absolute Gasteiger partial charge is 0.383 e. The molecule has 0 aromatic heterocycles. The molecule has 4 heteroatoms. The number of nitrogens with one attached hydrogen (secondary N) is 1. The summed E-state index contributed by atoms with van der Waals surface area (Å²) < 4.78 is 4.95. The number of carbonyl (C=O) groups excluding carboxylic acids is 1. The van der Waals surface area contributed by atoms with Crippen molar-refractivity contribution in [3.63, 3.8) is 0 Å². The van der Waals surface area contributed by atoms with Crippen LogP contribution in [0, 0.1) is 5.92 Å². The molecule has 3 nitrogen and oxygen atoms in total. The molecule has 0 rings (SSSR count). The Hall–Kier alpha value is -0.0900. The van der Waals surface area contributed by atoms with Gasteiger partial charge in [-0.1, -0.05) is 36.2 Å². The van der Waals surface area contributed by atoms with Crippen LogP contribution in [0.4, 0.5) is 0 Å². The number of methoxy groups -OCH3 is 1. The van der Waals surface area contributed by atoms with E-state index in [1.807, 2.05) is 6.92 Å². The van der Waals surface area contributed by atoms with Gasteiger partial charge in [0.15, 0.2) is 0 Å². The first-order valence-electron chi connectivity index (χ1n) is 5.02. The van der Waals surface area contributed by atoms with Gasteiger partial charge in [-0.05, 0) is 6.42 Å². The molecule has 0 aromatic carbocycles. The van der Waals surface area contributed by atoms with Gasteiger partial charge >= 0.3 is 0 Å². The first kappa shape index (κ1) is 13.9. The molecular weight excluding hydrogens is 246 g/mol. The van der Waals surface area contributed by atoms with Gasteiger partial charge in [0.2, 0.25) is 5.91 Å². The van der Waals surface area contributed by atoms with Crippen LogP contribution >= 0.6 is 15.9 Å². The summed E-state index contributed by atoms with van der Waals surface area (Å²) in [5, 5.41) is 2.89. The molecule has 84 valence electrons. The maximum Gasteiger partial charge on any atom is 0.222 e. The zero-order valence-corrected chi connectivity index (χ0v) is 10.8. The third-order valence-corrected chi connectivity index (χ3v) is 2.60. The van der Waals surface area contributed by atoms with Crippen LogP contribution in [0.1, 0.15) is 26.7 Å². The van der Waals surface area contributed by atoms with Crippen LogP contribution in [0.15, 0.2) is 0 Å². The van der Waals surface area contributed by atoms with E-state index in [-0.39, 0.29) is 16.7 Å². The van der Waals surface area contributed by atoms with E-state index in [1.165, 1.54) is 0 Å². The fraction of sp³-hybridized carbons (Fsp3) is 0.900. The molecule has 0 aliphatic heterocycles. The van der Waals surface area contributed by atoms with Crippen molar-refractivity contribution in [3.05, 3.63) is 0 Å². The highest BCUT2D eigenvalue weighted by molar-refractivity contribution is 9.09. The van der Waals surface area contributed by atoms with Crippen LogP contribution in [0.2, 0.25) is 0 Å². The lowest BCUT2D eigenvalue weighted by molar-refractivity contribution is -0.124. The van der Waals surface area contributed by atoms with E-state index in [9.17, 15) is 4.79 Å². The van der Waals surface area contributed by atoms with E-state index in [2.05, 4.69) is 28.2 Å². The Labute approximate surface area is 94.7 Å². The van der Waals surface area contributed by atoms with E-state index >= 15 is 0 Å². The number of amides is 1. The Morgan fingerprint density at radius 1 is 1.57 bits per heavy atom. The first-order valence-corrected chi connectivity index (χ1v) is 5.94. The smallest absolute Gasteiger partial charge is 0.222 e. The van der Waals surface area contributed by atoms with Crippen LogP contribution in [-0.4, -0.2) is 31.0 Å². The van der Waals surface area contributed by atoms with E-state index in [0.29, 0.717) is 13.2 Å². The highest BCUT2D eigenvalue weighted by Crippen LogP contribution is 2.05. The second kappa shape index (κ2) is 8.24. The molecule has 0 saturated carbocycles. The molecular formula is C10H20BrNO2. The van der Waals surface area contributed by atoms with Crippen molar-refractivity contribution in [2.45, 2.75) is 31.5 Å². The van der Waals surface area contributed by atoms with Gasteiger partial charge in [-0.2, -0.15) is 0 Å². The van der Waals surface area contributed by atoms with Gasteiger partial charge < -0.3 is 10.1 Å². The summed E-state index contributed by atoms with van der Waals surface area (Å²) in [7, 11) is 1.65. The van der Waals surface area contributed by atoms with Crippen LogP contribution in [0.3, 0.4) is 0 Å². The maximum absolute atomic E-state index is 11.5. The van der Waals surface area contributed by atoms with E-state index in [4.69, 9.17) is 4.74 Å². The van der Waals surface area contributed by atoms with Crippen LogP contribution < -0.4 is 5.32 Å². The summed E-state index contributed by atoms with van der Waals surface area (Å²) in [5.74, 6) is 0.245. The molecule has 2 atom stereocenters. The lowest BCUT2D eigenvalue weighted by Gasteiger charge is -2.13. The van der Waals surface area contributed by atoms with Gasteiger partial charge in [-0.25, -0.2) is 0 Å². The predicted molar refractivity (Wildman–Crippen MR) is 61.7 cm³/mol. The second-order valence-electron chi connectivity index (χ2n) is 3.49. The van der Waals surface area contributed by atoms with Crippen molar-refractivity contribution in [3.8, 4) is 0 Å². The summed E-state index contributed by atoms with van der Waals surface area (Å²) in [6.07, 6.45) is 1.99. The van der Waals surface area contributed by atoms with Crippen molar-refractivity contribution in [2.75, 3.05) is 20.3 Å². The number of hydrogen-bond acceptors (Lipinski definition) is 2. The molecule has 14 heavy (non-hydrogen) atoms. The standard InChI is InChI=1S/C10H20BrNO2/c1-4-5-8(2)10(13)12-6-9(11)7-14-3/h8-9H,4-7H2,1-3H3,(H,12,13). The molecule has 1 amide bonds. The molecule has 0 bridgehead atoms. The van der Waals surface area contributed by atoms with Crippen molar-refractivity contribution >= 4 is 21.8 Å². The summed E-state index contributed by atoms with van der Waals surface area (Å²) in [6.45, 7) is 5.28. The van der Waals surface area contributed by atoms with Crippen molar-refractivity contribution < 1.29 is 9.53 Å². The maximum atomic E-state index is 11.5. The minimum atomic E-state index is 0.113. The van der Waals surface area contributed by atoms with Gasteiger partial charge in [0.25, 0.3) is 0 Å². The first-order chi connectivity index (χ1) is 6.61. The molecule has 0 aliphatic rings. The highest BCUT2D eigenvalue weighted by Gasteiger charge is 2.12. The quantitative estimate of drug-likeness (QED) is 0.715. The molecule has 0 heterocycles. The van der Waals surface area contributed by atoms with Crippen molar-refractivity contribution in [1.82, 2.24) is 5.32 Å². The Morgan fingerprint density at radius 3 is 2.71 bits per heavy atom. The number of ether oxygens (including phenoxy) is 1. The lowest BCUT2D eigenvalue weighted by Crippen LogP contribution is -2.34. The fourth-order valence-corrected chi connectivity index (χ4v) is 1.62. The Kier molecular flexibility index (Phi) is 8.18. The Balaban J connectivity index is 3.61. The lowest BCUT2D eigenvalue weighted by atomic mass is 10.1. The molecule has 2 unspecified atom stereocenters. The molecule has 0 saturated heterocycles. The molecule has 1 N–H and O–H groups in total. The van der Waals surface area contributed by atoms with Gasteiger partial charge in [-0.3, -0.25) is 4.79 Å². The number of halogens is 1. The summed E-state index contributed by atoms with van der Waals surface area (Å²) in [5.41, 5.74) is 0. The average Bonchev–Trinajstić information content (AvgIpc) is 2.15. The van der Waals surface area contributed by atoms with Gasteiger partial charge in [0, 0.05) is 19.6 Å². The van der Waals surface area contributed by atoms with E-state index in [1.54, 1.807) is 7.11 Å². The number of hydrogen-bond donors (Lipinski definition) is 1. The average molecular weight is 266 g/mol. The molecule has 0 aliphatic carbocycles. The Bertz CT molecular complexity index is 164. The van der Waals surface area contributed by atoms with E-state index < -0.39 is 0 Å². The molecule has 0 fully saturated rings. The topological polar surface area (TPSA) is 38.3 Å². The summed E-state index contributed by atoms with van der Waals surface area (Å²) >= 11 is 3.41. The monoisotopic (exact) mass is 265 g/mol. The van der Waals surface area contributed by atoms with Gasteiger partial charge in [0.05, 0.1) is 11.4 Å². The van der Waals surface area contributed by atoms with Crippen LogP contribution in [0.5, 0.6) is 0 Å². The van der Waals surface area contributed by atoms with Gasteiger partial charge in [0.1, 0.15) is 0 Å². The van der Waals surface area contributed by atoms with Crippen LogP contribution in [0.25, 0.3) is 0 Å². The zero-order chi connectivity index (χ0) is 11.0. The molecule has 0 spiro atoms. The summed E-state index contributed by atoms with van der Waals surface area (Å²) in [6, 6.07) is 0. The highest BCUT2D eigenvalue weighted by atomic mass is 79.9. The van der Waals surface area contributed by atoms with Crippen LogP contribution in [-0.2, 0) is 9.53 Å². The Morgan fingerprint density at radius 2 is 2.21 bits per heavy atom. The normalized spacial score (nSPS) is 14.9. The van der Waals surface area contributed by atoms with E-state index in [0.717, 1.165) is 12.8 Å².